The molecule has 0 spiro atoms. The smallest absolute Gasteiger partial charge is 0.317 e. The lowest BCUT2D eigenvalue weighted by molar-refractivity contribution is -0.384. The average molecular weight is 352 g/mol. The van der Waals surface area contributed by atoms with E-state index < -0.39 is 13.2 Å². The summed E-state index contributed by atoms with van der Waals surface area (Å²) in [6.45, 7) is 0. The van der Waals surface area contributed by atoms with E-state index in [4.69, 9.17) is 14.2 Å². The molecular weight excluding hydrogens is 347 g/mol. The van der Waals surface area contributed by atoms with Crippen LogP contribution >= 0.6 is 37.3 Å². The fourth-order valence-electron chi connectivity index (χ4n) is 0.685. The Labute approximate surface area is 109 Å². The Kier molecular flexibility index (Phi) is 6.01. The van der Waals surface area contributed by atoms with Crippen molar-refractivity contribution in [2.75, 3.05) is 5.73 Å². The minimum atomic E-state index is -3.72. The number of nitrogen functional groups attached to an aromatic ring is 1. The number of hydrogen-bond donors (Lipinski definition) is 1. The summed E-state index contributed by atoms with van der Waals surface area (Å²) < 4.78 is 18.9. The van der Waals surface area contributed by atoms with E-state index in [1.165, 1.54) is 6.07 Å². The van der Waals surface area contributed by atoms with E-state index in [1.54, 1.807) is 12.1 Å². The number of nitrogens with two attached hydrogens (primary N) is 1. The Morgan fingerprint density at radius 3 is 2.12 bits per heavy atom. The van der Waals surface area contributed by atoms with Crippen molar-refractivity contribution in [2.45, 2.75) is 0 Å². The van der Waals surface area contributed by atoms with Crippen molar-refractivity contribution in [2.24, 2.45) is 0 Å². The Morgan fingerprint density at radius 1 is 1.38 bits per heavy atom. The topological polar surface area (TPSA) is 103 Å². The summed E-state index contributed by atoms with van der Waals surface area (Å²) in [4.78, 5) is 9.76. The van der Waals surface area contributed by atoms with Crippen molar-refractivity contribution >= 4 is 56.9 Å². The van der Waals surface area contributed by atoms with Crippen LogP contribution in [0, 0.1) is 10.1 Å². The second-order valence-electron chi connectivity index (χ2n) is 2.31. The molecule has 0 aromatic heterocycles. The molecule has 2 N–H and O–H groups in total. The number of nitro groups is 1. The maximum absolute atomic E-state index is 10.3. The van der Waals surface area contributed by atoms with Gasteiger partial charge in [-0.05, 0) is 22.0 Å². The summed E-state index contributed by atoms with van der Waals surface area (Å²) in [6.07, 6.45) is 0. The van der Waals surface area contributed by atoms with Crippen LogP contribution in [0.5, 0.6) is 0 Å². The van der Waals surface area contributed by atoms with Crippen molar-refractivity contribution in [3.05, 3.63) is 32.8 Å². The first-order chi connectivity index (χ1) is 7.13. The predicted octanol–water partition coefficient (Wildman–Crippen LogP) is 2.65. The minimum absolute atomic E-state index is 0.0700. The highest BCUT2D eigenvalue weighted by atomic mass is 79.9. The van der Waals surface area contributed by atoms with Crippen LogP contribution in [0.2, 0.25) is 0 Å². The molecule has 0 bridgehead atoms. The largest absolute Gasteiger partial charge is 0.392 e. The summed E-state index contributed by atoms with van der Waals surface area (Å²) >= 11 is 3.08. The first-order valence-corrected chi connectivity index (χ1v) is 7.38. The fourth-order valence-corrected chi connectivity index (χ4v) is 1.04. The molecule has 1 rings (SSSR count). The third-order valence-electron chi connectivity index (χ3n) is 1.23. The molecule has 0 radical (unpaired) electrons. The maximum Gasteiger partial charge on any atom is 0.317 e. The van der Waals surface area contributed by atoms with Crippen LogP contribution in [-0.4, -0.2) is 13.3 Å². The molecule has 6 nitrogen and oxygen atoms in total. The van der Waals surface area contributed by atoms with E-state index in [9.17, 15) is 10.1 Å². The second-order valence-corrected chi connectivity index (χ2v) is 6.83. The molecule has 16 heavy (non-hydrogen) atoms. The lowest BCUT2D eigenvalue weighted by Crippen LogP contribution is -1.95. The van der Waals surface area contributed by atoms with Gasteiger partial charge in [-0.25, -0.2) is 0 Å². The molecule has 10 heteroatoms. The van der Waals surface area contributed by atoms with Crippen molar-refractivity contribution in [1.82, 2.24) is 0 Å². The van der Waals surface area contributed by atoms with E-state index in [1.807, 2.05) is 0 Å². The van der Waals surface area contributed by atoms with Gasteiger partial charge in [-0.3, -0.25) is 10.1 Å². The third-order valence-corrected chi connectivity index (χ3v) is 1.92. The highest BCUT2D eigenvalue weighted by Gasteiger charge is 2.11. The first-order valence-electron chi connectivity index (χ1n) is 3.45. The molecule has 0 saturated carbocycles. The number of para-hydroxylation sites is 1. The van der Waals surface area contributed by atoms with E-state index in [-0.39, 0.29) is 11.4 Å². The van der Waals surface area contributed by atoms with Gasteiger partial charge in [0.15, 0.2) is 0 Å². The lowest BCUT2D eigenvalue weighted by atomic mass is 10.3. The molecule has 0 unspecified atom stereocenters. The van der Waals surface area contributed by atoms with Crippen LogP contribution in [0.3, 0.4) is 0 Å². The normalized spacial score (nSPS) is 10.2. The molecular formula is C6H5BrCl2N2O4S. The molecule has 90 valence electrons. The standard InChI is InChI=1S/C6H5BrN2O2.Cl2O2S/c7-4-2-1-3-5(6(4)8)9(10)11;1-5(2,3)4/h1-3H,8H2;. The van der Waals surface area contributed by atoms with Crippen molar-refractivity contribution in [1.29, 1.82) is 0 Å². The van der Waals surface area contributed by atoms with Gasteiger partial charge >= 0.3 is 8.26 Å². The molecule has 0 saturated heterocycles. The fraction of sp³-hybridized carbons (Fsp3) is 0. The highest BCUT2D eigenvalue weighted by Crippen LogP contribution is 2.28. The average Bonchev–Trinajstić information content (AvgIpc) is 2.06. The van der Waals surface area contributed by atoms with E-state index in [2.05, 4.69) is 37.3 Å². The van der Waals surface area contributed by atoms with Gasteiger partial charge in [-0.1, -0.05) is 6.07 Å². The van der Waals surface area contributed by atoms with E-state index >= 15 is 0 Å². The van der Waals surface area contributed by atoms with Gasteiger partial charge < -0.3 is 5.73 Å². The Morgan fingerprint density at radius 2 is 1.81 bits per heavy atom. The summed E-state index contributed by atoms with van der Waals surface area (Å²) in [6, 6.07) is 4.58. The molecule has 1 aromatic rings. The van der Waals surface area contributed by atoms with Crippen LogP contribution in [0.1, 0.15) is 0 Å². The molecule has 0 amide bonds. The third kappa shape index (κ3) is 6.83. The van der Waals surface area contributed by atoms with Crippen LogP contribution in [0.25, 0.3) is 0 Å². The van der Waals surface area contributed by atoms with Crippen LogP contribution in [0.4, 0.5) is 11.4 Å². The molecule has 0 heterocycles. The minimum Gasteiger partial charge on any atom is -0.392 e. The highest BCUT2D eigenvalue weighted by molar-refractivity contribution is 9.10. The van der Waals surface area contributed by atoms with Crippen LogP contribution < -0.4 is 5.73 Å². The zero-order chi connectivity index (χ0) is 12.9. The van der Waals surface area contributed by atoms with Gasteiger partial charge in [0.2, 0.25) is 0 Å². The zero-order valence-electron chi connectivity index (χ0n) is 7.43. The summed E-state index contributed by atoms with van der Waals surface area (Å²) in [5, 5.41) is 10.3. The summed E-state index contributed by atoms with van der Waals surface area (Å²) in [5.74, 6) is 0. The van der Waals surface area contributed by atoms with Gasteiger partial charge in [0.05, 0.1) is 4.92 Å². The van der Waals surface area contributed by atoms with Gasteiger partial charge in [-0.15, -0.1) is 0 Å². The van der Waals surface area contributed by atoms with Crippen molar-refractivity contribution in [3.8, 4) is 0 Å². The van der Waals surface area contributed by atoms with Gasteiger partial charge in [0, 0.05) is 31.9 Å². The number of nitrogens with zero attached hydrogens (tertiary/aromatic N) is 1. The second kappa shape index (κ2) is 6.24. The number of nitro benzene ring substituents is 1. The van der Waals surface area contributed by atoms with Crippen molar-refractivity contribution < 1.29 is 13.3 Å². The van der Waals surface area contributed by atoms with Crippen molar-refractivity contribution in [3.63, 3.8) is 0 Å². The maximum atomic E-state index is 10.3. The predicted molar refractivity (Wildman–Crippen MR) is 65.8 cm³/mol. The van der Waals surface area contributed by atoms with Crippen LogP contribution in [0.15, 0.2) is 22.7 Å². The van der Waals surface area contributed by atoms with Gasteiger partial charge in [0.1, 0.15) is 5.69 Å². The number of benzene rings is 1. The number of hydrogen-bond acceptors (Lipinski definition) is 5. The van der Waals surface area contributed by atoms with Gasteiger partial charge in [0.25, 0.3) is 5.69 Å². The quantitative estimate of drug-likeness (QED) is 0.362. The number of rotatable bonds is 1. The molecule has 0 fully saturated rings. The lowest BCUT2D eigenvalue weighted by Gasteiger charge is -1.97. The molecule has 0 aliphatic rings. The number of anilines is 1. The molecule has 1 aromatic carbocycles. The molecule has 0 aliphatic carbocycles. The summed E-state index contributed by atoms with van der Waals surface area (Å²) in [5.41, 5.74) is 5.49. The van der Waals surface area contributed by atoms with E-state index in [0.717, 1.165) is 0 Å². The Bertz CT molecular complexity index is 485. The summed E-state index contributed by atoms with van der Waals surface area (Å²) in [7, 11) is 4.81. The number of halogens is 3. The zero-order valence-corrected chi connectivity index (χ0v) is 11.3. The Hall–Kier alpha value is -0.570. The SMILES string of the molecule is Nc1c(Br)cccc1[N+](=O)[O-].O=S(=O)(Cl)Cl. The monoisotopic (exact) mass is 350 g/mol. The van der Waals surface area contributed by atoms with E-state index in [0.29, 0.717) is 4.47 Å². The Balaban J connectivity index is 0.000000385. The molecule has 0 atom stereocenters. The molecule has 0 aliphatic heterocycles. The van der Waals surface area contributed by atoms with Gasteiger partial charge in [-0.2, -0.15) is 8.42 Å². The van der Waals surface area contributed by atoms with Crippen LogP contribution in [-0.2, 0) is 8.26 Å². The first kappa shape index (κ1) is 15.4.